The second-order valence-corrected chi connectivity index (χ2v) is 4.36. The molecule has 1 aliphatic carbocycles. The number of carbonyl (C=O) groups is 1. The number of rotatable bonds is 2. The maximum atomic E-state index is 12.0. The molecule has 4 N–H and O–H groups in total. The van der Waals surface area contributed by atoms with Crippen LogP contribution in [0.5, 0.6) is 0 Å². The minimum absolute atomic E-state index is 0.152. The number of ketones is 1. The summed E-state index contributed by atoms with van der Waals surface area (Å²) in [5.41, 5.74) is 11.1. The van der Waals surface area contributed by atoms with E-state index in [0.717, 1.165) is 6.42 Å². The highest BCUT2D eigenvalue weighted by Crippen LogP contribution is 2.33. The number of carbonyl (C=O) groups excluding carboxylic acids is 1. The molecule has 1 aromatic heterocycles. The topological polar surface area (TPSA) is 82.0 Å². The largest absolute Gasteiger partial charge is 0.383 e. The normalized spacial score (nSPS) is 18.3. The summed E-state index contributed by atoms with van der Waals surface area (Å²) < 4.78 is 0. The number of nitrogen functional groups attached to an aromatic ring is 1. The first-order valence-corrected chi connectivity index (χ1v) is 5.15. The summed E-state index contributed by atoms with van der Waals surface area (Å²) in [6.45, 7) is 0. The van der Waals surface area contributed by atoms with E-state index in [2.05, 4.69) is 4.98 Å². The van der Waals surface area contributed by atoms with E-state index >= 15 is 0 Å². The molecule has 0 radical (unpaired) electrons. The molecule has 0 aliphatic heterocycles. The summed E-state index contributed by atoms with van der Waals surface area (Å²) in [5.74, 6) is 0.0439. The predicted octanol–water partition coefficient (Wildman–Crippen LogP) is 1.38. The summed E-state index contributed by atoms with van der Waals surface area (Å²) in [4.78, 5) is 15.9. The van der Waals surface area contributed by atoms with Gasteiger partial charge < -0.3 is 11.5 Å². The SMILES string of the molecule is Nc1ncc(Cl)cc1C(=O)C1(N)CCC1. The Morgan fingerprint density at radius 2 is 2.20 bits per heavy atom. The second kappa shape index (κ2) is 3.47. The van der Waals surface area contributed by atoms with Crippen LogP contribution >= 0.6 is 11.6 Å². The number of anilines is 1. The summed E-state index contributed by atoms with van der Waals surface area (Å²) >= 11 is 5.76. The van der Waals surface area contributed by atoms with E-state index < -0.39 is 5.54 Å². The van der Waals surface area contributed by atoms with E-state index in [9.17, 15) is 4.79 Å². The van der Waals surface area contributed by atoms with Crippen molar-refractivity contribution < 1.29 is 4.79 Å². The number of halogens is 1. The van der Waals surface area contributed by atoms with Crippen LogP contribution in [-0.2, 0) is 0 Å². The van der Waals surface area contributed by atoms with Gasteiger partial charge in [0.15, 0.2) is 5.78 Å². The number of hydrogen-bond acceptors (Lipinski definition) is 4. The first kappa shape index (κ1) is 10.4. The Kier molecular flexibility index (Phi) is 2.40. The number of nitrogens with two attached hydrogens (primary N) is 2. The van der Waals surface area contributed by atoms with Crippen molar-refractivity contribution in [1.82, 2.24) is 4.98 Å². The smallest absolute Gasteiger partial charge is 0.186 e. The van der Waals surface area contributed by atoms with Crippen LogP contribution in [0.4, 0.5) is 5.82 Å². The van der Waals surface area contributed by atoms with Crippen LogP contribution in [0.3, 0.4) is 0 Å². The molecule has 15 heavy (non-hydrogen) atoms. The van der Waals surface area contributed by atoms with E-state index in [1.165, 1.54) is 12.3 Å². The standard InChI is InChI=1S/C10H12ClN3O/c11-6-4-7(9(12)14-5-6)8(15)10(13)2-1-3-10/h4-5H,1-3,13H2,(H2,12,14). The van der Waals surface area contributed by atoms with Gasteiger partial charge in [0.1, 0.15) is 5.82 Å². The lowest BCUT2D eigenvalue weighted by molar-refractivity contribution is 0.0801. The Hall–Kier alpha value is -1.13. The molecular weight excluding hydrogens is 214 g/mol. The van der Waals surface area contributed by atoms with E-state index in [0.29, 0.717) is 23.4 Å². The molecule has 1 heterocycles. The molecule has 0 spiro atoms. The minimum atomic E-state index is -0.750. The monoisotopic (exact) mass is 225 g/mol. The molecular formula is C10H12ClN3O. The molecule has 4 nitrogen and oxygen atoms in total. The fourth-order valence-corrected chi connectivity index (χ4v) is 1.84. The quantitative estimate of drug-likeness (QED) is 0.745. The number of pyridine rings is 1. The average molecular weight is 226 g/mol. The lowest BCUT2D eigenvalue weighted by Gasteiger charge is -2.36. The van der Waals surface area contributed by atoms with Gasteiger partial charge in [-0.15, -0.1) is 0 Å². The van der Waals surface area contributed by atoms with Crippen LogP contribution < -0.4 is 11.5 Å². The van der Waals surface area contributed by atoms with Crippen LogP contribution in [0, 0.1) is 0 Å². The fraction of sp³-hybridized carbons (Fsp3) is 0.400. The van der Waals surface area contributed by atoms with E-state index in [1.54, 1.807) is 0 Å². The Bertz CT molecular complexity index is 415. The van der Waals surface area contributed by atoms with Crippen LogP contribution in [0.25, 0.3) is 0 Å². The van der Waals surface area contributed by atoms with E-state index in [-0.39, 0.29) is 11.6 Å². The molecule has 1 fully saturated rings. The molecule has 1 aromatic rings. The third-order valence-corrected chi connectivity index (χ3v) is 3.03. The van der Waals surface area contributed by atoms with Gasteiger partial charge >= 0.3 is 0 Å². The number of Topliss-reactive ketones (excluding diaryl/α,β-unsaturated/α-hetero) is 1. The van der Waals surface area contributed by atoms with E-state index in [1.807, 2.05) is 0 Å². The fourth-order valence-electron chi connectivity index (χ4n) is 1.68. The average Bonchev–Trinajstić information content (AvgIpc) is 2.17. The first-order valence-electron chi connectivity index (χ1n) is 4.78. The zero-order valence-corrected chi connectivity index (χ0v) is 8.92. The lowest BCUT2D eigenvalue weighted by Crippen LogP contribution is -2.53. The Morgan fingerprint density at radius 1 is 1.53 bits per heavy atom. The van der Waals surface area contributed by atoms with Crippen molar-refractivity contribution in [2.45, 2.75) is 24.8 Å². The molecule has 0 unspecified atom stereocenters. The van der Waals surface area contributed by atoms with Gasteiger partial charge in [-0.1, -0.05) is 11.6 Å². The number of aromatic nitrogens is 1. The van der Waals surface area contributed by atoms with Gasteiger partial charge in [-0.05, 0) is 25.3 Å². The van der Waals surface area contributed by atoms with Gasteiger partial charge in [0.2, 0.25) is 0 Å². The molecule has 0 aromatic carbocycles. The van der Waals surface area contributed by atoms with Crippen molar-refractivity contribution in [2.75, 3.05) is 5.73 Å². The van der Waals surface area contributed by atoms with Crippen molar-refractivity contribution in [1.29, 1.82) is 0 Å². The van der Waals surface area contributed by atoms with Crippen LogP contribution in [0.1, 0.15) is 29.6 Å². The summed E-state index contributed by atoms with van der Waals surface area (Å²) in [6, 6.07) is 1.53. The molecule has 0 bridgehead atoms. The molecule has 0 amide bonds. The van der Waals surface area contributed by atoms with Gasteiger partial charge in [-0.25, -0.2) is 4.98 Å². The van der Waals surface area contributed by atoms with Gasteiger partial charge in [0.25, 0.3) is 0 Å². The molecule has 0 saturated heterocycles. The van der Waals surface area contributed by atoms with Crippen LogP contribution in [0.2, 0.25) is 5.02 Å². The van der Waals surface area contributed by atoms with Crippen LogP contribution in [-0.4, -0.2) is 16.3 Å². The maximum Gasteiger partial charge on any atom is 0.186 e. The van der Waals surface area contributed by atoms with Crippen molar-refractivity contribution in [3.63, 3.8) is 0 Å². The molecule has 5 heteroatoms. The Balaban J connectivity index is 2.36. The van der Waals surface area contributed by atoms with Gasteiger partial charge in [0.05, 0.1) is 16.1 Å². The zero-order chi connectivity index (χ0) is 11.1. The number of nitrogens with zero attached hydrogens (tertiary/aromatic N) is 1. The zero-order valence-electron chi connectivity index (χ0n) is 8.16. The van der Waals surface area contributed by atoms with E-state index in [4.69, 9.17) is 23.1 Å². The summed E-state index contributed by atoms with van der Waals surface area (Å²) in [5, 5.41) is 0.399. The summed E-state index contributed by atoms with van der Waals surface area (Å²) in [6.07, 6.45) is 3.81. The highest BCUT2D eigenvalue weighted by atomic mass is 35.5. The van der Waals surface area contributed by atoms with Gasteiger partial charge in [-0.2, -0.15) is 0 Å². The molecule has 1 aliphatic rings. The minimum Gasteiger partial charge on any atom is -0.383 e. The van der Waals surface area contributed by atoms with Crippen molar-refractivity contribution in [3.05, 3.63) is 22.8 Å². The summed E-state index contributed by atoms with van der Waals surface area (Å²) in [7, 11) is 0. The molecule has 0 atom stereocenters. The van der Waals surface area contributed by atoms with Crippen molar-refractivity contribution in [2.24, 2.45) is 5.73 Å². The van der Waals surface area contributed by atoms with Gasteiger partial charge in [-0.3, -0.25) is 4.79 Å². The van der Waals surface area contributed by atoms with Crippen molar-refractivity contribution >= 4 is 23.2 Å². The first-order chi connectivity index (χ1) is 7.03. The highest BCUT2D eigenvalue weighted by molar-refractivity contribution is 6.31. The third-order valence-electron chi connectivity index (χ3n) is 2.83. The predicted molar refractivity (Wildman–Crippen MR) is 58.8 cm³/mol. The van der Waals surface area contributed by atoms with Crippen LogP contribution in [0.15, 0.2) is 12.3 Å². The number of hydrogen-bond donors (Lipinski definition) is 2. The highest BCUT2D eigenvalue weighted by Gasteiger charge is 2.41. The van der Waals surface area contributed by atoms with Gasteiger partial charge in [0, 0.05) is 6.20 Å². The molecule has 80 valence electrons. The molecule has 2 rings (SSSR count). The second-order valence-electron chi connectivity index (χ2n) is 3.93. The van der Waals surface area contributed by atoms with Crippen molar-refractivity contribution in [3.8, 4) is 0 Å². The maximum absolute atomic E-state index is 12.0. The molecule has 1 saturated carbocycles. The Labute approximate surface area is 92.6 Å². The lowest BCUT2D eigenvalue weighted by atomic mass is 9.73. The Morgan fingerprint density at radius 3 is 2.73 bits per heavy atom. The third kappa shape index (κ3) is 1.70.